The van der Waals surface area contributed by atoms with Crippen molar-refractivity contribution in [1.82, 2.24) is 20.4 Å². The molecule has 2 aromatic heterocycles. The van der Waals surface area contributed by atoms with E-state index in [1.54, 1.807) is 13.3 Å². The van der Waals surface area contributed by atoms with Gasteiger partial charge in [0.25, 0.3) is 5.19 Å². The molecule has 0 saturated carbocycles. The molecule has 0 radical (unpaired) electrons. The summed E-state index contributed by atoms with van der Waals surface area (Å²) < 4.78 is 11.5. The van der Waals surface area contributed by atoms with Crippen LogP contribution in [0, 0.1) is 6.92 Å². The summed E-state index contributed by atoms with van der Waals surface area (Å²) in [7, 11) is 1.57. The summed E-state index contributed by atoms with van der Waals surface area (Å²) >= 11 is 1.25. The van der Waals surface area contributed by atoms with Gasteiger partial charge in [-0.15, -0.1) is 10.2 Å². The third-order valence-electron chi connectivity index (χ3n) is 5.01. The molecule has 10 heteroatoms. The van der Waals surface area contributed by atoms with Crippen LogP contribution in [0.5, 0.6) is 5.19 Å². The van der Waals surface area contributed by atoms with Gasteiger partial charge in [-0.05, 0) is 41.5 Å². The topological polar surface area (TPSA) is 106 Å². The van der Waals surface area contributed by atoms with Gasteiger partial charge in [0.2, 0.25) is 5.13 Å². The van der Waals surface area contributed by atoms with E-state index in [0.29, 0.717) is 16.9 Å². The van der Waals surface area contributed by atoms with Crippen molar-refractivity contribution >= 4 is 22.3 Å². The van der Waals surface area contributed by atoms with Gasteiger partial charge in [0.05, 0.1) is 6.54 Å². The summed E-state index contributed by atoms with van der Waals surface area (Å²) in [6.07, 6.45) is 1.01. The van der Waals surface area contributed by atoms with E-state index in [2.05, 4.69) is 30.6 Å². The van der Waals surface area contributed by atoms with Crippen molar-refractivity contribution in [3.63, 3.8) is 0 Å². The third kappa shape index (κ3) is 4.66. The quantitative estimate of drug-likeness (QED) is 0.523. The van der Waals surface area contributed by atoms with E-state index in [-0.39, 0.29) is 6.10 Å². The lowest BCUT2D eigenvalue weighted by atomic mass is 10.0. The van der Waals surface area contributed by atoms with Gasteiger partial charge < -0.3 is 24.8 Å². The second kappa shape index (κ2) is 9.33. The van der Waals surface area contributed by atoms with Crippen molar-refractivity contribution < 1.29 is 14.6 Å². The molecular formula is C20H24N6O3S. The number of aromatic nitrogens is 4. The van der Waals surface area contributed by atoms with E-state index in [0.717, 1.165) is 29.9 Å². The number of methoxy groups -OCH3 is 1. The number of ether oxygens (including phenoxy) is 2. The van der Waals surface area contributed by atoms with Crippen LogP contribution < -0.4 is 15.0 Å². The number of aryl methyl sites for hydroxylation is 1. The van der Waals surface area contributed by atoms with Crippen LogP contribution in [0.3, 0.4) is 0 Å². The van der Waals surface area contributed by atoms with Crippen LogP contribution in [0.4, 0.5) is 10.9 Å². The molecule has 2 N–H and O–H groups in total. The minimum atomic E-state index is -0.976. The van der Waals surface area contributed by atoms with Gasteiger partial charge in [-0.25, -0.2) is 0 Å². The number of rotatable bonds is 8. The second-order valence-electron chi connectivity index (χ2n) is 7.03. The highest BCUT2D eigenvalue weighted by Gasteiger charge is 2.27. The molecule has 0 spiro atoms. The van der Waals surface area contributed by atoms with Crippen LogP contribution in [0.25, 0.3) is 0 Å². The highest BCUT2D eigenvalue weighted by atomic mass is 32.1. The van der Waals surface area contributed by atoms with E-state index >= 15 is 0 Å². The maximum Gasteiger partial charge on any atom is 0.296 e. The van der Waals surface area contributed by atoms with Crippen molar-refractivity contribution in [3.8, 4) is 5.19 Å². The summed E-state index contributed by atoms with van der Waals surface area (Å²) in [5.41, 5.74) is 1.96. The number of anilines is 2. The van der Waals surface area contributed by atoms with E-state index in [4.69, 9.17) is 9.47 Å². The van der Waals surface area contributed by atoms with Gasteiger partial charge in [0.15, 0.2) is 12.0 Å². The lowest BCUT2D eigenvalue weighted by Crippen LogP contribution is -2.28. The molecule has 158 valence electrons. The van der Waals surface area contributed by atoms with Crippen molar-refractivity contribution in [2.45, 2.75) is 31.8 Å². The predicted octanol–water partition coefficient (Wildman–Crippen LogP) is 2.41. The molecule has 3 atom stereocenters. The number of aliphatic hydroxyl groups excluding tert-OH is 1. The Morgan fingerprint density at radius 2 is 2.07 bits per heavy atom. The smallest absolute Gasteiger partial charge is 0.296 e. The maximum absolute atomic E-state index is 10.6. The Balaban J connectivity index is 1.34. The van der Waals surface area contributed by atoms with Gasteiger partial charge in [0, 0.05) is 26.3 Å². The van der Waals surface area contributed by atoms with Gasteiger partial charge in [-0.3, -0.25) is 0 Å². The fourth-order valence-corrected chi connectivity index (χ4v) is 4.18. The lowest BCUT2D eigenvalue weighted by molar-refractivity contribution is 0.000849. The zero-order valence-electron chi connectivity index (χ0n) is 16.8. The number of hydrogen-bond donors (Lipinski definition) is 2. The van der Waals surface area contributed by atoms with Crippen molar-refractivity contribution in [1.29, 1.82) is 0 Å². The first-order valence-corrected chi connectivity index (χ1v) is 10.5. The minimum Gasteiger partial charge on any atom is -0.464 e. The van der Waals surface area contributed by atoms with Crippen LogP contribution >= 0.6 is 11.3 Å². The molecule has 0 aliphatic carbocycles. The summed E-state index contributed by atoms with van der Waals surface area (Å²) in [5, 5.41) is 30.8. The number of nitrogens with zero attached hydrogens (tertiary/aromatic N) is 5. The number of nitrogens with one attached hydrogen (secondary N) is 1. The van der Waals surface area contributed by atoms with Gasteiger partial charge >= 0.3 is 0 Å². The van der Waals surface area contributed by atoms with Crippen LogP contribution in [-0.2, 0) is 4.74 Å². The zero-order chi connectivity index (χ0) is 20.9. The third-order valence-corrected chi connectivity index (χ3v) is 5.75. The zero-order valence-corrected chi connectivity index (χ0v) is 17.6. The number of hydrogen-bond acceptors (Lipinski definition) is 10. The number of benzene rings is 1. The average molecular weight is 429 g/mol. The molecule has 2 unspecified atom stereocenters. The van der Waals surface area contributed by atoms with Crippen LogP contribution in [0.2, 0.25) is 0 Å². The maximum atomic E-state index is 10.6. The molecular weight excluding hydrogens is 404 g/mol. The van der Waals surface area contributed by atoms with Gasteiger partial charge in [0.1, 0.15) is 12.2 Å². The highest BCUT2D eigenvalue weighted by Crippen LogP contribution is 2.29. The molecule has 30 heavy (non-hydrogen) atoms. The fourth-order valence-electron chi connectivity index (χ4n) is 3.49. The first kappa shape index (κ1) is 20.5. The molecule has 1 aromatic carbocycles. The summed E-state index contributed by atoms with van der Waals surface area (Å²) in [6.45, 7) is 3.54. The first-order chi connectivity index (χ1) is 14.6. The second-order valence-corrected chi connectivity index (χ2v) is 7.97. The minimum absolute atomic E-state index is 0.00331. The molecule has 0 amide bonds. The Morgan fingerprint density at radius 3 is 2.83 bits per heavy atom. The van der Waals surface area contributed by atoms with E-state index in [1.165, 1.54) is 11.3 Å². The van der Waals surface area contributed by atoms with E-state index in [9.17, 15) is 5.11 Å². The molecule has 3 heterocycles. The molecule has 4 rings (SSSR count). The van der Waals surface area contributed by atoms with E-state index < -0.39 is 12.3 Å². The largest absolute Gasteiger partial charge is 0.464 e. The SMILES string of the molecule is COC(c1ccccc1C)C(O)Nc1nnc(O[C@@H]2CCN(c3cccnn3)C2)s1. The summed E-state index contributed by atoms with van der Waals surface area (Å²) in [4.78, 5) is 2.13. The average Bonchev–Trinajstić information content (AvgIpc) is 3.40. The Kier molecular flexibility index (Phi) is 6.36. The Hall–Kier alpha value is -2.82. The van der Waals surface area contributed by atoms with Crippen LogP contribution in [0.15, 0.2) is 42.6 Å². The fraction of sp³-hybridized carbons (Fsp3) is 0.400. The molecule has 3 aromatic rings. The summed E-state index contributed by atoms with van der Waals surface area (Å²) in [6, 6.07) is 11.6. The van der Waals surface area contributed by atoms with Crippen LogP contribution in [0.1, 0.15) is 23.7 Å². The van der Waals surface area contributed by atoms with Crippen molar-refractivity contribution in [2.75, 3.05) is 30.4 Å². The lowest BCUT2D eigenvalue weighted by Gasteiger charge is -2.23. The highest BCUT2D eigenvalue weighted by molar-refractivity contribution is 7.16. The molecule has 1 aliphatic heterocycles. The summed E-state index contributed by atoms with van der Waals surface area (Å²) in [5.74, 6) is 0.841. The molecule has 1 saturated heterocycles. The Bertz CT molecular complexity index is 956. The normalized spacial score (nSPS) is 18.2. The first-order valence-electron chi connectivity index (χ1n) is 9.70. The van der Waals surface area contributed by atoms with Crippen LogP contribution in [-0.4, -0.2) is 58.0 Å². The Morgan fingerprint density at radius 1 is 1.20 bits per heavy atom. The van der Waals surface area contributed by atoms with Gasteiger partial charge in [-0.2, -0.15) is 5.10 Å². The molecule has 9 nitrogen and oxygen atoms in total. The number of aliphatic hydroxyl groups is 1. The van der Waals surface area contributed by atoms with Crippen molar-refractivity contribution in [3.05, 3.63) is 53.7 Å². The molecule has 1 aliphatic rings. The van der Waals surface area contributed by atoms with E-state index in [1.807, 2.05) is 43.3 Å². The predicted molar refractivity (Wildman–Crippen MR) is 114 cm³/mol. The van der Waals surface area contributed by atoms with Crippen molar-refractivity contribution in [2.24, 2.45) is 0 Å². The molecule has 1 fully saturated rings. The standard InChI is InChI=1S/C20H24N6O3S/c1-13-6-3-4-7-15(13)17(28-2)18(27)22-19-24-25-20(30-19)29-14-9-11-26(12-14)16-8-5-10-21-23-16/h3-8,10,14,17-18,27H,9,11-12H2,1-2H3,(H,22,24)/t14-,17?,18?/m1/s1. The molecule has 0 bridgehead atoms. The Labute approximate surface area is 178 Å². The van der Waals surface area contributed by atoms with Gasteiger partial charge in [-0.1, -0.05) is 29.4 Å². The monoisotopic (exact) mass is 428 g/mol.